The first-order valence-electron chi connectivity index (χ1n) is 4.01. The molecule has 0 radical (unpaired) electrons. The molecule has 0 N–H and O–H groups in total. The van der Waals surface area contributed by atoms with Crippen LogP contribution in [-0.4, -0.2) is 19.1 Å². The van der Waals surface area contributed by atoms with Crippen LogP contribution in [0.1, 0.15) is 0 Å². The highest BCUT2D eigenvalue weighted by atomic mass is 35.5. The second kappa shape index (κ2) is 3.57. The summed E-state index contributed by atoms with van der Waals surface area (Å²) < 4.78 is 0.986. The highest BCUT2D eigenvalue weighted by molar-refractivity contribution is 7.23. The van der Waals surface area contributed by atoms with Gasteiger partial charge in [-0.3, -0.25) is 0 Å². The Kier molecular flexibility index (Phi) is 2.56. The van der Waals surface area contributed by atoms with Crippen LogP contribution in [0.25, 0.3) is 10.2 Å². The third-order valence-corrected chi connectivity index (χ3v) is 3.76. The fraction of sp³-hybridized carbons (Fsp3) is 0.222. The maximum atomic E-state index is 6.05. The van der Waals surface area contributed by atoms with E-state index in [1.165, 1.54) is 0 Å². The number of hydrogen-bond donors (Lipinski definition) is 0. The van der Waals surface area contributed by atoms with Crippen molar-refractivity contribution < 1.29 is 0 Å². The van der Waals surface area contributed by atoms with Gasteiger partial charge in [0.05, 0.1) is 20.2 Å². The average Bonchev–Trinajstić information content (AvgIpc) is 2.47. The van der Waals surface area contributed by atoms with Gasteiger partial charge in [-0.05, 0) is 12.1 Å². The van der Waals surface area contributed by atoms with E-state index in [0.717, 1.165) is 15.2 Å². The molecule has 0 saturated carbocycles. The molecule has 2 aromatic heterocycles. The number of nitrogens with zero attached hydrogens (tertiary/aromatic N) is 2. The quantitative estimate of drug-likeness (QED) is 0.715. The number of pyridine rings is 1. The summed E-state index contributed by atoms with van der Waals surface area (Å²) in [7, 11) is 3.97. The Labute approximate surface area is 96.1 Å². The van der Waals surface area contributed by atoms with Gasteiger partial charge in [0.15, 0.2) is 0 Å². The second-order valence-corrected chi connectivity index (χ2v) is 4.95. The fourth-order valence-corrected chi connectivity index (χ4v) is 2.66. The summed E-state index contributed by atoms with van der Waals surface area (Å²) in [5.74, 6) is 0. The summed E-state index contributed by atoms with van der Waals surface area (Å²) >= 11 is 13.5. The molecular formula is C9H8Cl2N2S. The monoisotopic (exact) mass is 246 g/mol. The van der Waals surface area contributed by atoms with Gasteiger partial charge < -0.3 is 4.90 Å². The minimum absolute atomic E-state index is 0.436. The molecular weight excluding hydrogens is 239 g/mol. The Morgan fingerprint density at radius 3 is 2.64 bits per heavy atom. The molecule has 0 aromatic carbocycles. The van der Waals surface area contributed by atoms with Gasteiger partial charge in [-0.15, -0.1) is 11.3 Å². The van der Waals surface area contributed by atoms with Crippen LogP contribution in [0.4, 0.5) is 5.00 Å². The van der Waals surface area contributed by atoms with Gasteiger partial charge in [0.1, 0.15) is 5.15 Å². The number of aromatic nitrogens is 1. The molecule has 74 valence electrons. The van der Waals surface area contributed by atoms with Crippen molar-refractivity contribution in [2.45, 2.75) is 0 Å². The van der Waals surface area contributed by atoms with E-state index in [2.05, 4.69) is 4.98 Å². The van der Waals surface area contributed by atoms with E-state index in [1.54, 1.807) is 17.4 Å². The van der Waals surface area contributed by atoms with E-state index < -0.39 is 0 Å². The van der Waals surface area contributed by atoms with E-state index in [0.29, 0.717) is 10.2 Å². The van der Waals surface area contributed by atoms with Crippen LogP contribution < -0.4 is 4.90 Å². The molecule has 0 aliphatic rings. The maximum Gasteiger partial charge on any atom is 0.131 e. The minimum atomic E-state index is 0.436. The number of thiophene rings is 1. The van der Waals surface area contributed by atoms with Crippen LogP contribution >= 0.6 is 34.5 Å². The molecule has 5 heteroatoms. The number of hydrogen-bond acceptors (Lipinski definition) is 3. The number of halogens is 2. The molecule has 0 spiro atoms. The standard InChI is InChI=1S/C9H8Cl2N2S/c1-13(2)8-4-6-9(14-8)5(10)3-7(11)12-6/h3-4H,1-2H3. The van der Waals surface area contributed by atoms with Crippen molar-refractivity contribution in [1.29, 1.82) is 0 Å². The minimum Gasteiger partial charge on any atom is -0.369 e. The molecule has 0 unspecified atom stereocenters. The van der Waals surface area contributed by atoms with Crippen molar-refractivity contribution in [3.63, 3.8) is 0 Å². The Balaban J connectivity index is 2.70. The smallest absolute Gasteiger partial charge is 0.131 e. The van der Waals surface area contributed by atoms with Gasteiger partial charge in [0.2, 0.25) is 0 Å². The molecule has 2 rings (SSSR count). The zero-order chi connectivity index (χ0) is 10.3. The van der Waals surface area contributed by atoms with Crippen LogP contribution in [0.5, 0.6) is 0 Å². The highest BCUT2D eigenvalue weighted by Crippen LogP contribution is 2.36. The fourth-order valence-electron chi connectivity index (χ4n) is 1.16. The number of anilines is 1. The van der Waals surface area contributed by atoms with Crippen molar-refractivity contribution in [1.82, 2.24) is 4.98 Å². The largest absolute Gasteiger partial charge is 0.369 e. The van der Waals surface area contributed by atoms with E-state index >= 15 is 0 Å². The zero-order valence-corrected chi connectivity index (χ0v) is 10.0. The van der Waals surface area contributed by atoms with Crippen LogP contribution in [0.15, 0.2) is 12.1 Å². The van der Waals surface area contributed by atoms with E-state index in [4.69, 9.17) is 23.2 Å². The summed E-state index contributed by atoms with van der Waals surface area (Å²) in [6.07, 6.45) is 0. The van der Waals surface area contributed by atoms with E-state index in [-0.39, 0.29) is 0 Å². The van der Waals surface area contributed by atoms with Gasteiger partial charge >= 0.3 is 0 Å². The molecule has 0 fully saturated rings. The van der Waals surface area contributed by atoms with Crippen molar-refractivity contribution in [2.75, 3.05) is 19.0 Å². The van der Waals surface area contributed by atoms with Crippen molar-refractivity contribution in [3.8, 4) is 0 Å². The molecule has 0 saturated heterocycles. The highest BCUT2D eigenvalue weighted by Gasteiger charge is 2.08. The lowest BCUT2D eigenvalue weighted by Gasteiger charge is -2.06. The molecule has 14 heavy (non-hydrogen) atoms. The summed E-state index contributed by atoms with van der Waals surface area (Å²) in [4.78, 5) is 6.23. The second-order valence-electron chi connectivity index (χ2n) is 3.12. The zero-order valence-electron chi connectivity index (χ0n) is 7.71. The van der Waals surface area contributed by atoms with E-state index in [9.17, 15) is 0 Å². The lowest BCUT2D eigenvalue weighted by molar-refractivity contribution is 1.16. The Bertz CT molecular complexity index is 479. The van der Waals surface area contributed by atoms with Crippen molar-refractivity contribution >= 4 is 49.8 Å². The third kappa shape index (κ3) is 1.67. The SMILES string of the molecule is CN(C)c1cc2nc(Cl)cc(Cl)c2s1. The topological polar surface area (TPSA) is 16.1 Å². The molecule has 0 atom stereocenters. The molecule has 0 amide bonds. The van der Waals surface area contributed by atoms with Gasteiger partial charge in [0.25, 0.3) is 0 Å². The molecule has 0 aliphatic heterocycles. The first-order chi connectivity index (χ1) is 6.58. The lowest BCUT2D eigenvalue weighted by atomic mass is 10.4. The van der Waals surface area contributed by atoms with Gasteiger partial charge in [-0.25, -0.2) is 4.98 Å². The Morgan fingerprint density at radius 2 is 2.00 bits per heavy atom. The predicted molar refractivity (Wildman–Crippen MR) is 64.0 cm³/mol. The molecule has 2 heterocycles. The summed E-state index contributed by atoms with van der Waals surface area (Å²) in [6, 6.07) is 3.65. The van der Waals surface area contributed by atoms with Crippen LogP contribution in [0.2, 0.25) is 10.2 Å². The summed E-state index contributed by atoms with van der Waals surface area (Å²) in [6.45, 7) is 0. The van der Waals surface area contributed by atoms with Gasteiger partial charge in [0, 0.05) is 14.1 Å². The normalized spacial score (nSPS) is 10.9. The molecule has 2 nitrogen and oxygen atoms in total. The number of rotatable bonds is 1. The Morgan fingerprint density at radius 1 is 1.29 bits per heavy atom. The molecule has 0 bridgehead atoms. The Hall–Kier alpha value is -0.510. The predicted octanol–water partition coefficient (Wildman–Crippen LogP) is 3.67. The lowest BCUT2D eigenvalue weighted by Crippen LogP contribution is -2.05. The average molecular weight is 247 g/mol. The van der Waals surface area contributed by atoms with Crippen molar-refractivity contribution in [2.24, 2.45) is 0 Å². The summed E-state index contributed by atoms with van der Waals surface area (Å²) in [5, 5.41) is 2.22. The van der Waals surface area contributed by atoms with Crippen LogP contribution in [0.3, 0.4) is 0 Å². The number of fused-ring (bicyclic) bond motifs is 1. The molecule has 0 aliphatic carbocycles. The van der Waals surface area contributed by atoms with Crippen LogP contribution in [0, 0.1) is 0 Å². The van der Waals surface area contributed by atoms with Gasteiger partial charge in [-0.2, -0.15) is 0 Å². The van der Waals surface area contributed by atoms with E-state index in [1.807, 2.05) is 25.1 Å². The van der Waals surface area contributed by atoms with Gasteiger partial charge in [-0.1, -0.05) is 23.2 Å². The first kappa shape index (κ1) is 10.0. The van der Waals surface area contributed by atoms with Crippen molar-refractivity contribution in [3.05, 3.63) is 22.3 Å². The summed E-state index contributed by atoms with van der Waals surface area (Å²) in [5.41, 5.74) is 0.858. The third-order valence-electron chi connectivity index (χ3n) is 1.83. The first-order valence-corrected chi connectivity index (χ1v) is 5.58. The maximum absolute atomic E-state index is 6.05. The molecule has 2 aromatic rings. The van der Waals surface area contributed by atoms with Crippen LogP contribution in [-0.2, 0) is 0 Å².